The van der Waals surface area contributed by atoms with Gasteiger partial charge in [-0.15, -0.1) is 0 Å². The summed E-state index contributed by atoms with van der Waals surface area (Å²) in [4.78, 5) is 4.34. The van der Waals surface area contributed by atoms with E-state index in [2.05, 4.69) is 15.2 Å². The average molecular weight is 233 g/mol. The van der Waals surface area contributed by atoms with Gasteiger partial charge in [0, 0.05) is 25.2 Å². The molecule has 17 heavy (non-hydrogen) atoms. The van der Waals surface area contributed by atoms with Crippen LogP contribution in [0.5, 0.6) is 0 Å². The largest absolute Gasteiger partial charge is 0.337 e. The monoisotopic (exact) mass is 233 g/mol. The molecule has 0 bridgehead atoms. The van der Waals surface area contributed by atoms with Crippen LogP contribution in [0, 0.1) is 5.92 Å². The summed E-state index contributed by atoms with van der Waals surface area (Å²) in [6, 6.07) is -0.385. The van der Waals surface area contributed by atoms with Gasteiger partial charge in [0.1, 0.15) is 6.04 Å². The van der Waals surface area contributed by atoms with Crippen LogP contribution < -0.4 is 5.73 Å². The van der Waals surface area contributed by atoms with Crippen LogP contribution in [-0.4, -0.2) is 19.9 Å². The zero-order chi connectivity index (χ0) is 11.8. The van der Waals surface area contributed by atoms with Crippen LogP contribution >= 0.6 is 0 Å². The third-order valence-corrected chi connectivity index (χ3v) is 3.00. The molecule has 1 fully saturated rings. The van der Waals surface area contributed by atoms with E-state index in [1.165, 1.54) is 12.8 Å². The second-order valence-corrected chi connectivity index (χ2v) is 4.62. The molecular weight excluding hydrogens is 218 g/mol. The van der Waals surface area contributed by atoms with Gasteiger partial charge in [0.15, 0.2) is 5.82 Å². The van der Waals surface area contributed by atoms with Gasteiger partial charge in [-0.25, -0.2) is 0 Å². The Labute approximate surface area is 98.8 Å². The lowest BCUT2D eigenvalue weighted by Crippen LogP contribution is -2.11. The van der Waals surface area contributed by atoms with E-state index in [1.54, 1.807) is 10.9 Å². The SMILES string of the molecule is Cn1cc(C(N)c2nc(CC3CC3)no2)cn1. The van der Waals surface area contributed by atoms with Crippen LogP contribution in [0.1, 0.15) is 36.2 Å². The van der Waals surface area contributed by atoms with E-state index in [9.17, 15) is 0 Å². The molecule has 6 nitrogen and oxygen atoms in total. The topological polar surface area (TPSA) is 82.8 Å². The molecule has 1 atom stereocenters. The van der Waals surface area contributed by atoms with Gasteiger partial charge in [-0.05, 0) is 18.8 Å². The minimum Gasteiger partial charge on any atom is -0.337 e. The van der Waals surface area contributed by atoms with Gasteiger partial charge < -0.3 is 10.3 Å². The molecule has 2 aromatic heterocycles. The third-order valence-electron chi connectivity index (χ3n) is 3.00. The summed E-state index contributed by atoms with van der Waals surface area (Å²) in [5.74, 6) is 1.98. The standard InChI is InChI=1S/C11H15N5O/c1-16-6-8(5-13-16)10(12)11-14-9(15-17-11)4-7-2-3-7/h5-7,10H,2-4,12H2,1H3. The Bertz CT molecular complexity index is 513. The van der Waals surface area contributed by atoms with Crippen molar-refractivity contribution in [1.82, 2.24) is 19.9 Å². The van der Waals surface area contributed by atoms with Gasteiger partial charge in [-0.1, -0.05) is 5.16 Å². The van der Waals surface area contributed by atoms with Gasteiger partial charge in [0.05, 0.1) is 6.20 Å². The highest BCUT2D eigenvalue weighted by Crippen LogP contribution is 2.32. The summed E-state index contributed by atoms with van der Waals surface area (Å²) in [5.41, 5.74) is 6.92. The number of hydrogen-bond acceptors (Lipinski definition) is 5. The lowest BCUT2D eigenvalue weighted by Gasteiger charge is -2.01. The molecule has 0 aromatic carbocycles. The summed E-state index contributed by atoms with van der Waals surface area (Å²) in [7, 11) is 1.85. The van der Waals surface area contributed by atoms with E-state index in [-0.39, 0.29) is 6.04 Å². The molecule has 3 rings (SSSR count). The number of nitrogens with two attached hydrogens (primary N) is 1. The Hall–Kier alpha value is -1.69. The second-order valence-electron chi connectivity index (χ2n) is 4.62. The van der Waals surface area contributed by atoms with E-state index >= 15 is 0 Å². The molecule has 0 aliphatic heterocycles. The Morgan fingerprint density at radius 2 is 2.41 bits per heavy atom. The van der Waals surface area contributed by atoms with Crippen LogP contribution in [0.2, 0.25) is 0 Å². The predicted octanol–water partition coefficient (Wildman–Crippen LogP) is 0.804. The van der Waals surface area contributed by atoms with Gasteiger partial charge in [0.2, 0.25) is 5.89 Å². The molecule has 2 N–H and O–H groups in total. The quantitative estimate of drug-likeness (QED) is 0.844. The van der Waals surface area contributed by atoms with Crippen LogP contribution in [-0.2, 0) is 13.5 Å². The fourth-order valence-corrected chi connectivity index (χ4v) is 1.80. The van der Waals surface area contributed by atoms with Crippen molar-refractivity contribution in [1.29, 1.82) is 0 Å². The number of aryl methyl sites for hydroxylation is 1. The van der Waals surface area contributed by atoms with E-state index < -0.39 is 0 Å². The molecule has 1 unspecified atom stereocenters. The van der Waals surface area contributed by atoms with E-state index in [4.69, 9.17) is 10.3 Å². The highest BCUT2D eigenvalue weighted by Gasteiger charge is 2.25. The Balaban J connectivity index is 1.76. The van der Waals surface area contributed by atoms with Crippen molar-refractivity contribution in [3.8, 4) is 0 Å². The Morgan fingerprint density at radius 1 is 1.59 bits per heavy atom. The van der Waals surface area contributed by atoms with E-state index in [0.29, 0.717) is 5.89 Å². The maximum atomic E-state index is 6.04. The molecule has 0 radical (unpaired) electrons. The lowest BCUT2D eigenvalue weighted by molar-refractivity contribution is 0.362. The maximum Gasteiger partial charge on any atom is 0.248 e. The fourth-order valence-electron chi connectivity index (χ4n) is 1.80. The maximum absolute atomic E-state index is 6.04. The predicted molar refractivity (Wildman–Crippen MR) is 60.0 cm³/mol. The van der Waals surface area contributed by atoms with Gasteiger partial charge >= 0.3 is 0 Å². The molecule has 1 aliphatic rings. The molecule has 0 amide bonds. The van der Waals surface area contributed by atoms with Crippen LogP contribution in [0.4, 0.5) is 0 Å². The number of rotatable bonds is 4. The van der Waals surface area contributed by atoms with E-state index in [0.717, 1.165) is 23.7 Å². The second kappa shape index (κ2) is 3.96. The highest BCUT2D eigenvalue weighted by atomic mass is 16.5. The smallest absolute Gasteiger partial charge is 0.248 e. The average Bonchev–Trinajstić information content (AvgIpc) is 2.83. The van der Waals surface area contributed by atoms with Gasteiger partial charge in [-0.2, -0.15) is 10.1 Å². The molecule has 2 aromatic rings. The first-order valence-electron chi connectivity index (χ1n) is 5.79. The van der Waals surface area contributed by atoms with Gasteiger partial charge in [-0.3, -0.25) is 4.68 Å². The molecule has 0 spiro atoms. The first-order valence-corrected chi connectivity index (χ1v) is 5.79. The van der Waals surface area contributed by atoms with Crippen molar-refractivity contribution < 1.29 is 4.52 Å². The van der Waals surface area contributed by atoms with Crippen molar-refractivity contribution in [2.75, 3.05) is 0 Å². The lowest BCUT2D eigenvalue weighted by atomic mass is 10.2. The van der Waals surface area contributed by atoms with Crippen molar-refractivity contribution in [2.45, 2.75) is 25.3 Å². The summed E-state index contributed by atoms with van der Waals surface area (Å²) < 4.78 is 6.90. The van der Waals surface area contributed by atoms with Crippen molar-refractivity contribution in [3.63, 3.8) is 0 Å². The zero-order valence-corrected chi connectivity index (χ0v) is 9.71. The first-order chi connectivity index (χ1) is 8.22. The molecule has 6 heteroatoms. The van der Waals surface area contributed by atoms with Crippen LogP contribution in [0.25, 0.3) is 0 Å². The number of aromatic nitrogens is 4. The van der Waals surface area contributed by atoms with Gasteiger partial charge in [0.25, 0.3) is 0 Å². The molecule has 2 heterocycles. The summed E-state index contributed by atoms with van der Waals surface area (Å²) in [5, 5.41) is 8.03. The fraction of sp³-hybridized carbons (Fsp3) is 0.545. The van der Waals surface area contributed by atoms with Crippen LogP contribution in [0.15, 0.2) is 16.9 Å². The zero-order valence-electron chi connectivity index (χ0n) is 9.71. The Kier molecular flexibility index (Phi) is 2.44. The highest BCUT2D eigenvalue weighted by molar-refractivity contribution is 5.16. The Morgan fingerprint density at radius 3 is 3.06 bits per heavy atom. The van der Waals surface area contributed by atoms with Crippen LogP contribution in [0.3, 0.4) is 0 Å². The molecule has 0 saturated heterocycles. The molecule has 90 valence electrons. The normalized spacial score (nSPS) is 17.3. The molecule has 1 saturated carbocycles. The number of hydrogen-bond donors (Lipinski definition) is 1. The van der Waals surface area contributed by atoms with Crippen molar-refractivity contribution in [2.24, 2.45) is 18.7 Å². The first kappa shape index (κ1) is 10.5. The minimum atomic E-state index is -0.385. The number of nitrogens with zero attached hydrogens (tertiary/aromatic N) is 4. The summed E-state index contributed by atoms with van der Waals surface area (Å²) >= 11 is 0. The van der Waals surface area contributed by atoms with Crippen molar-refractivity contribution in [3.05, 3.63) is 29.7 Å². The summed E-state index contributed by atoms with van der Waals surface area (Å²) in [6.07, 6.45) is 7.03. The van der Waals surface area contributed by atoms with Crippen molar-refractivity contribution >= 4 is 0 Å². The van der Waals surface area contributed by atoms with E-state index in [1.807, 2.05) is 13.2 Å². The third kappa shape index (κ3) is 2.21. The molecular formula is C11H15N5O. The molecule has 1 aliphatic carbocycles. The summed E-state index contributed by atoms with van der Waals surface area (Å²) in [6.45, 7) is 0. The minimum absolute atomic E-state index is 0.385.